The van der Waals surface area contributed by atoms with Crippen LogP contribution in [0.1, 0.15) is 39.4 Å². The van der Waals surface area contributed by atoms with Crippen molar-refractivity contribution in [1.82, 2.24) is 9.80 Å². The lowest BCUT2D eigenvalue weighted by Gasteiger charge is -2.39. The molecule has 1 aromatic rings. The zero-order valence-corrected chi connectivity index (χ0v) is 13.6. The van der Waals surface area contributed by atoms with Gasteiger partial charge in [0.2, 0.25) is 0 Å². The van der Waals surface area contributed by atoms with Gasteiger partial charge in [-0.25, -0.2) is 0 Å². The van der Waals surface area contributed by atoms with Crippen molar-refractivity contribution in [1.29, 1.82) is 0 Å². The van der Waals surface area contributed by atoms with Crippen molar-refractivity contribution in [2.75, 3.05) is 33.2 Å². The molecule has 1 saturated heterocycles. The normalized spacial score (nSPS) is 23.7. The number of hydrogen-bond donors (Lipinski definition) is 1. The number of likely N-dealkylation sites (N-methyl/N-ethyl adjacent to an activating group) is 1. The van der Waals surface area contributed by atoms with Gasteiger partial charge in [0.25, 0.3) is 5.91 Å². The van der Waals surface area contributed by atoms with Gasteiger partial charge in [-0.3, -0.25) is 4.79 Å². The maximum Gasteiger partial charge on any atom is 0.264 e. The van der Waals surface area contributed by atoms with Crippen LogP contribution in [0.25, 0.3) is 0 Å². The molecule has 1 fully saturated rings. The molecule has 0 saturated carbocycles. The van der Waals surface area contributed by atoms with Gasteiger partial charge in [0.15, 0.2) is 0 Å². The first kappa shape index (κ1) is 15.0. The number of nitrogens with two attached hydrogens (primary N) is 1. The van der Waals surface area contributed by atoms with E-state index in [1.165, 1.54) is 29.7 Å². The monoisotopic (exact) mass is 307 g/mol. The average molecular weight is 307 g/mol. The van der Waals surface area contributed by atoms with E-state index in [0.29, 0.717) is 6.54 Å². The second-order valence-corrected chi connectivity index (χ2v) is 7.41. The summed E-state index contributed by atoms with van der Waals surface area (Å²) >= 11 is 1.72. The molecule has 1 aliphatic heterocycles. The lowest BCUT2D eigenvalue weighted by Crippen LogP contribution is -2.56. The van der Waals surface area contributed by atoms with Crippen LogP contribution in [0, 0.1) is 0 Å². The maximum absolute atomic E-state index is 12.8. The van der Waals surface area contributed by atoms with Crippen molar-refractivity contribution < 1.29 is 4.79 Å². The molecule has 2 heterocycles. The molecule has 1 unspecified atom stereocenters. The summed E-state index contributed by atoms with van der Waals surface area (Å²) < 4.78 is 0. The number of thiophene rings is 1. The van der Waals surface area contributed by atoms with Crippen molar-refractivity contribution in [3.05, 3.63) is 21.4 Å². The largest absolute Gasteiger partial charge is 0.331 e. The van der Waals surface area contributed by atoms with Crippen LogP contribution in [0.5, 0.6) is 0 Å². The van der Waals surface area contributed by atoms with Crippen LogP contribution in [0.2, 0.25) is 0 Å². The number of amides is 1. The van der Waals surface area contributed by atoms with Crippen LogP contribution in [0.4, 0.5) is 0 Å². The van der Waals surface area contributed by atoms with Crippen LogP contribution >= 0.6 is 11.3 Å². The van der Waals surface area contributed by atoms with E-state index >= 15 is 0 Å². The minimum Gasteiger partial charge on any atom is -0.331 e. The van der Waals surface area contributed by atoms with E-state index < -0.39 is 0 Å². The summed E-state index contributed by atoms with van der Waals surface area (Å²) in [5.41, 5.74) is 7.29. The summed E-state index contributed by atoms with van der Waals surface area (Å²) in [6.07, 6.45) is 6.13. The molecule has 0 bridgehead atoms. The Labute approximate surface area is 130 Å². The Bertz CT molecular complexity index is 490. The fraction of sp³-hybridized carbons (Fsp3) is 0.688. The fourth-order valence-corrected chi connectivity index (χ4v) is 4.60. The Morgan fingerprint density at radius 1 is 1.33 bits per heavy atom. The van der Waals surface area contributed by atoms with E-state index in [0.717, 1.165) is 37.4 Å². The zero-order chi connectivity index (χ0) is 14.8. The van der Waals surface area contributed by atoms with E-state index in [-0.39, 0.29) is 11.9 Å². The lowest BCUT2D eigenvalue weighted by atomic mass is 10.1. The van der Waals surface area contributed by atoms with E-state index in [4.69, 9.17) is 5.73 Å². The highest BCUT2D eigenvalue weighted by molar-refractivity contribution is 7.14. The predicted octanol–water partition coefficient (Wildman–Crippen LogP) is 1.73. The zero-order valence-electron chi connectivity index (χ0n) is 12.8. The highest BCUT2D eigenvalue weighted by Crippen LogP contribution is 2.30. The Kier molecular flexibility index (Phi) is 4.62. The molecule has 5 heteroatoms. The molecule has 1 aliphatic carbocycles. The molecular formula is C16H25N3OS. The van der Waals surface area contributed by atoms with Crippen molar-refractivity contribution >= 4 is 17.2 Å². The Morgan fingerprint density at radius 3 is 2.95 bits per heavy atom. The van der Waals surface area contributed by atoms with Gasteiger partial charge in [0, 0.05) is 31.1 Å². The number of carbonyl (C=O) groups is 1. The Balaban J connectivity index is 1.78. The van der Waals surface area contributed by atoms with E-state index in [2.05, 4.69) is 18.0 Å². The first-order valence-electron chi connectivity index (χ1n) is 8.00. The SMILES string of the molecule is CN1CCN(C(=O)c2cc3c(s2)CCCCC3)C(CN)C1. The first-order valence-corrected chi connectivity index (χ1v) is 8.82. The number of rotatable bonds is 2. The van der Waals surface area contributed by atoms with Crippen LogP contribution in [-0.2, 0) is 12.8 Å². The third kappa shape index (κ3) is 3.15. The van der Waals surface area contributed by atoms with Gasteiger partial charge >= 0.3 is 0 Å². The van der Waals surface area contributed by atoms with Crippen LogP contribution < -0.4 is 5.73 Å². The van der Waals surface area contributed by atoms with Gasteiger partial charge < -0.3 is 15.5 Å². The first-order chi connectivity index (χ1) is 10.2. The second-order valence-electron chi connectivity index (χ2n) is 6.27. The third-order valence-corrected chi connectivity index (χ3v) is 5.90. The summed E-state index contributed by atoms with van der Waals surface area (Å²) in [7, 11) is 2.10. The molecule has 1 atom stereocenters. The number of carbonyl (C=O) groups excluding carboxylic acids is 1. The topological polar surface area (TPSA) is 49.6 Å². The Hall–Kier alpha value is -0.910. The molecule has 2 aliphatic rings. The smallest absolute Gasteiger partial charge is 0.264 e. The highest BCUT2D eigenvalue weighted by Gasteiger charge is 2.30. The van der Waals surface area contributed by atoms with Crippen molar-refractivity contribution in [2.45, 2.75) is 38.1 Å². The minimum atomic E-state index is 0.151. The van der Waals surface area contributed by atoms with Crippen molar-refractivity contribution in [3.63, 3.8) is 0 Å². The maximum atomic E-state index is 12.8. The van der Waals surface area contributed by atoms with Gasteiger partial charge in [-0.15, -0.1) is 11.3 Å². The molecule has 0 aromatic carbocycles. The molecule has 2 N–H and O–H groups in total. The Morgan fingerprint density at radius 2 is 2.14 bits per heavy atom. The summed E-state index contributed by atoms with van der Waals surface area (Å²) in [6, 6.07) is 2.30. The van der Waals surface area contributed by atoms with Crippen LogP contribution in [0.15, 0.2) is 6.07 Å². The summed E-state index contributed by atoms with van der Waals surface area (Å²) in [4.78, 5) is 19.4. The summed E-state index contributed by atoms with van der Waals surface area (Å²) in [6.45, 7) is 3.15. The summed E-state index contributed by atoms with van der Waals surface area (Å²) in [5, 5.41) is 0. The van der Waals surface area contributed by atoms with Crippen LogP contribution in [-0.4, -0.2) is 55.0 Å². The van der Waals surface area contributed by atoms with Gasteiger partial charge in [-0.1, -0.05) is 6.42 Å². The lowest BCUT2D eigenvalue weighted by molar-refractivity contribution is 0.0520. The van der Waals surface area contributed by atoms with Crippen molar-refractivity contribution in [2.24, 2.45) is 5.73 Å². The molecule has 0 spiro atoms. The number of fused-ring (bicyclic) bond motifs is 1. The minimum absolute atomic E-state index is 0.151. The number of nitrogens with zero attached hydrogens (tertiary/aromatic N) is 2. The second kappa shape index (κ2) is 6.46. The highest BCUT2D eigenvalue weighted by atomic mass is 32.1. The third-order valence-electron chi connectivity index (χ3n) is 4.68. The summed E-state index contributed by atoms with van der Waals surface area (Å²) in [5.74, 6) is 0.191. The average Bonchev–Trinajstić information content (AvgIpc) is 2.77. The molecule has 1 aromatic heterocycles. The number of aryl methyl sites for hydroxylation is 2. The van der Waals surface area contributed by atoms with E-state index in [9.17, 15) is 4.79 Å². The van der Waals surface area contributed by atoms with Crippen molar-refractivity contribution in [3.8, 4) is 0 Å². The standard InChI is InChI=1S/C16H25N3OS/c1-18-7-8-19(13(10-17)11-18)16(20)15-9-12-5-3-2-4-6-14(12)21-15/h9,13H,2-8,10-11,17H2,1H3. The quantitative estimate of drug-likeness (QED) is 0.847. The molecule has 0 radical (unpaired) electrons. The van der Waals surface area contributed by atoms with Gasteiger partial charge in [-0.05, 0) is 44.4 Å². The molecule has 4 nitrogen and oxygen atoms in total. The van der Waals surface area contributed by atoms with Crippen LogP contribution in [0.3, 0.4) is 0 Å². The molecule has 21 heavy (non-hydrogen) atoms. The number of hydrogen-bond acceptors (Lipinski definition) is 4. The molecule has 116 valence electrons. The number of piperazine rings is 1. The predicted molar refractivity (Wildman–Crippen MR) is 87.0 cm³/mol. The van der Waals surface area contributed by atoms with Gasteiger partial charge in [0.1, 0.15) is 0 Å². The molecule has 3 rings (SSSR count). The fourth-order valence-electron chi connectivity index (χ4n) is 3.39. The molecular weight excluding hydrogens is 282 g/mol. The van der Waals surface area contributed by atoms with E-state index in [1.807, 2.05) is 4.90 Å². The molecule has 1 amide bonds. The van der Waals surface area contributed by atoms with Gasteiger partial charge in [0.05, 0.1) is 10.9 Å². The van der Waals surface area contributed by atoms with E-state index in [1.54, 1.807) is 11.3 Å². The van der Waals surface area contributed by atoms with Gasteiger partial charge in [-0.2, -0.15) is 0 Å².